The molecule has 2 aliphatic rings. The van der Waals surface area contributed by atoms with Crippen LogP contribution in [-0.4, -0.2) is 12.5 Å². The van der Waals surface area contributed by atoms with E-state index in [-0.39, 0.29) is 0 Å². The van der Waals surface area contributed by atoms with Gasteiger partial charge in [0.2, 0.25) is 6.41 Å². The second-order valence-corrected chi connectivity index (χ2v) is 3.21. The zero-order chi connectivity index (χ0) is 6.27. The number of hydrogen-bond donors (Lipinski definition) is 1. The van der Waals surface area contributed by atoms with Crippen LogP contribution in [0, 0.1) is 11.8 Å². The molecule has 0 bridgehead atoms. The van der Waals surface area contributed by atoms with Crippen molar-refractivity contribution >= 4 is 6.41 Å². The molecule has 2 heteroatoms. The smallest absolute Gasteiger partial charge is 0.207 e. The number of nitrogens with one attached hydrogen (secondary N) is 1. The van der Waals surface area contributed by atoms with Gasteiger partial charge in [0.15, 0.2) is 0 Å². The number of carbonyl (C=O) groups is 1. The Kier molecular flexibility index (Phi) is 1.01. The molecule has 2 nitrogen and oxygen atoms in total. The van der Waals surface area contributed by atoms with Crippen molar-refractivity contribution in [2.75, 3.05) is 0 Å². The van der Waals surface area contributed by atoms with Gasteiger partial charge in [0, 0.05) is 6.04 Å². The lowest BCUT2D eigenvalue weighted by Crippen LogP contribution is -2.25. The molecular formula is C7H11NO. The molecule has 0 aromatic rings. The van der Waals surface area contributed by atoms with E-state index < -0.39 is 0 Å². The van der Waals surface area contributed by atoms with E-state index in [2.05, 4.69) is 5.32 Å². The number of hydrogen-bond acceptors (Lipinski definition) is 1. The summed E-state index contributed by atoms with van der Waals surface area (Å²) in [7, 11) is 0. The Morgan fingerprint density at radius 1 is 1.22 bits per heavy atom. The average Bonchev–Trinajstić information content (AvgIpc) is 2.42. The molecule has 0 radical (unpaired) electrons. The van der Waals surface area contributed by atoms with Crippen molar-refractivity contribution in [3.8, 4) is 0 Å². The minimum Gasteiger partial charge on any atom is -0.356 e. The van der Waals surface area contributed by atoms with Crippen LogP contribution < -0.4 is 5.32 Å². The number of rotatable bonds is 2. The van der Waals surface area contributed by atoms with Gasteiger partial charge in [-0.15, -0.1) is 0 Å². The maximum atomic E-state index is 9.97. The quantitative estimate of drug-likeness (QED) is 0.536. The molecule has 2 fully saturated rings. The van der Waals surface area contributed by atoms with Crippen LogP contribution in [0.5, 0.6) is 0 Å². The number of fused-ring (bicyclic) bond motifs is 1. The summed E-state index contributed by atoms with van der Waals surface area (Å²) >= 11 is 0. The van der Waals surface area contributed by atoms with Crippen molar-refractivity contribution in [3.05, 3.63) is 0 Å². The summed E-state index contributed by atoms with van der Waals surface area (Å²) < 4.78 is 0. The van der Waals surface area contributed by atoms with Gasteiger partial charge in [-0.2, -0.15) is 0 Å². The van der Waals surface area contributed by atoms with Crippen molar-refractivity contribution in [1.82, 2.24) is 5.32 Å². The van der Waals surface area contributed by atoms with Crippen molar-refractivity contribution in [2.24, 2.45) is 11.8 Å². The largest absolute Gasteiger partial charge is 0.356 e. The van der Waals surface area contributed by atoms with Gasteiger partial charge in [-0.05, 0) is 31.1 Å². The third kappa shape index (κ3) is 0.824. The van der Waals surface area contributed by atoms with Crippen LogP contribution in [-0.2, 0) is 4.79 Å². The van der Waals surface area contributed by atoms with Gasteiger partial charge >= 0.3 is 0 Å². The van der Waals surface area contributed by atoms with Crippen molar-refractivity contribution < 1.29 is 4.79 Å². The summed E-state index contributed by atoms with van der Waals surface area (Å²) in [5, 5.41) is 2.82. The number of amides is 1. The van der Waals surface area contributed by atoms with Crippen LogP contribution in [0.1, 0.15) is 19.3 Å². The predicted molar refractivity (Wildman–Crippen MR) is 33.8 cm³/mol. The lowest BCUT2D eigenvalue weighted by molar-refractivity contribution is -0.110. The van der Waals surface area contributed by atoms with E-state index in [1.807, 2.05) is 0 Å². The van der Waals surface area contributed by atoms with Crippen LogP contribution in [0.2, 0.25) is 0 Å². The molecule has 2 saturated carbocycles. The molecule has 0 aliphatic heterocycles. The molecule has 0 heterocycles. The van der Waals surface area contributed by atoms with Crippen molar-refractivity contribution in [2.45, 2.75) is 25.3 Å². The second kappa shape index (κ2) is 1.72. The molecule has 2 unspecified atom stereocenters. The van der Waals surface area contributed by atoms with E-state index in [0.717, 1.165) is 18.2 Å². The maximum Gasteiger partial charge on any atom is 0.207 e. The molecule has 1 amide bonds. The van der Waals surface area contributed by atoms with Crippen LogP contribution in [0.25, 0.3) is 0 Å². The highest BCUT2D eigenvalue weighted by Crippen LogP contribution is 2.51. The Hall–Kier alpha value is -0.530. The van der Waals surface area contributed by atoms with E-state index in [0.29, 0.717) is 6.04 Å². The highest BCUT2D eigenvalue weighted by molar-refractivity contribution is 5.46. The summed E-state index contributed by atoms with van der Waals surface area (Å²) in [6.45, 7) is 0. The van der Waals surface area contributed by atoms with Gasteiger partial charge < -0.3 is 5.32 Å². The standard InChI is InChI=1S/C7H11NO/c9-4-8-7-2-5-1-6(5)3-7/h4-7H,1-3H2,(H,8,9). The van der Waals surface area contributed by atoms with E-state index in [1.54, 1.807) is 0 Å². The molecule has 0 saturated heterocycles. The molecule has 9 heavy (non-hydrogen) atoms. The molecule has 2 atom stereocenters. The summed E-state index contributed by atoms with van der Waals surface area (Å²) in [6.07, 6.45) is 4.74. The summed E-state index contributed by atoms with van der Waals surface area (Å²) in [5.74, 6) is 1.95. The van der Waals surface area contributed by atoms with Crippen LogP contribution in [0.3, 0.4) is 0 Å². The van der Waals surface area contributed by atoms with E-state index in [1.165, 1.54) is 19.3 Å². The molecule has 1 N–H and O–H groups in total. The van der Waals surface area contributed by atoms with Crippen molar-refractivity contribution in [1.29, 1.82) is 0 Å². The maximum absolute atomic E-state index is 9.97. The highest BCUT2D eigenvalue weighted by Gasteiger charge is 2.45. The van der Waals surface area contributed by atoms with Gasteiger partial charge in [-0.25, -0.2) is 0 Å². The minimum atomic E-state index is 0.520. The fraction of sp³-hybridized carbons (Fsp3) is 0.857. The fourth-order valence-electron chi connectivity index (χ4n) is 1.95. The van der Waals surface area contributed by atoms with E-state index in [4.69, 9.17) is 0 Å². The molecule has 0 spiro atoms. The first-order valence-electron chi connectivity index (χ1n) is 3.60. The minimum absolute atomic E-state index is 0.520. The normalized spacial score (nSPS) is 46.0. The number of carbonyl (C=O) groups excluding carboxylic acids is 1. The van der Waals surface area contributed by atoms with Crippen molar-refractivity contribution in [3.63, 3.8) is 0 Å². The lowest BCUT2D eigenvalue weighted by Gasteiger charge is -2.07. The van der Waals surface area contributed by atoms with E-state index in [9.17, 15) is 4.79 Å². The second-order valence-electron chi connectivity index (χ2n) is 3.21. The summed E-state index contributed by atoms with van der Waals surface area (Å²) in [5.41, 5.74) is 0. The highest BCUT2D eigenvalue weighted by atomic mass is 16.1. The molecule has 2 rings (SSSR count). The van der Waals surface area contributed by atoms with Gasteiger partial charge in [0.05, 0.1) is 0 Å². The van der Waals surface area contributed by atoms with Gasteiger partial charge in [-0.1, -0.05) is 0 Å². The molecular weight excluding hydrogens is 114 g/mol. The molecule has 0 aromatic carbocycles. The topological polar surface area (TPSA) is 29.1 Å². The van der Waals surface area contributed by atoms with Gasteiger partial charge in [0.1, 0.15) is 0 Å². The SMILES string of the molecule is O=CNC1CC2CC2C1. The van der Waals surface area contributed by atoms with Crippen LogP contribution in [0.4, 0.5) is 0 Å². The van der Waals surface area contributed by atoms with E-state index >= 15 is 0 Å². The fourth-order valence-corrected chi connectivity index (χ4v) is 1.95. The Morgan fingerprint density at radius 3 is 2.44 bits per heavy atom. The monoisotopic (exact) mass is 125 g/mol. The van der Waals surface area contributed by atoms with Crippen LogP contribution in [0.15, 0.2) is 0 Å². The molecule has 0 aromatic heterocycles. The van der Waals surface area contributed by atoms with Crippen LogP contribution >= 0.6 is 0 Å². The Balaban J connectivity index is 1.83. The Labute approximate surface area is 54.6 Å². The van der Waals surface area contributed by atoms with Gasteiger partial charge in [0.25, 0.3) is 0 Å². The third-order valence-corrected chi connectivity index (χ3v) is 2.55. The lowest BCUT2D eigenvalue weighted by atomic mass is 10.2. The Bertz CT molecular complexity index is 125. The first-order chi connectivity index (χ1) is 4.40. The Morgan fingerprint density at radius 2 is 1.89 bits per heavy atom. The zero-order valence-corrected chi connectivity index (χ0v) is 5.34. The molecule has 50 valence electrons. The average molecular weight is 125 g/mol. The third-order valence-electron chi connectivity index (χ3n) is 2.55. The molecule has 2 aliphatic carbocycles. The predicted octanol–water partition coefficient (Wildman–Crippen LogP) is 0.531. The summed E-state index contributed by atoms with van der Waals surface area (Å²) in [6, 6.07) is 0.520. The zero-order valence-electron chi connectivity index (χ0n) is 5.34. The first-order valence-corrected chi connectivity index (χ1v) is 3.60. The summed E-state index contributed by atoms with van der Waals surface area (Å²) in [4.78, 5) is 9.97. The van der Waals surface area contributed by atoms with Gasteiger partial charge in [-0.3, -0.25) is 4.79 Å². The first kappa shape index (κ1) is 5.27.